The van der Waals surface area contributed by atoms with Gasteiger partial charge in [0, 0.05) is 6.07 Å². The second-order valence-electron chi connectivity index (χ2n) is 4.03. The van der Waals surface area contributed by atoms with Crippen LogP contribution in [0.3, 0.4) is 0 Å². The van der Waals surface area contributed by atoms with Crippen molar-refractivity contribution in [1.29, 1.82) is 0 Å². The number of rotatable bonds is 8. The molecule has 0 aliphatic rings. The molecule has 1 atom stereocenters. The zero-order chi connectivity index (χ0) is 16.0. The Morgan fingerprint density at radius 1 is 1.38 bits per heavy atom. The Kier molecular flexibility index (Phi) is 5.91. The highest BCUT2D eigenvalue weighted by Crippen LogP contribution is 2.29. The number of nitro groups is 2. The Morgan fingerprint density at radius 3 is 2.52 bits per heavy atom. The summed E-state index contributed by atoms with van der Waals surface area (Å²) in [7, 11) is 0. The van der Waals surface area contributed by atoms with Crippen molar-refractivity contribution in [2.24, 2.45) is 0 Å². The molecule has 0 heterocycles. The molecule has 21 heavy (non-hydrogen) atoms. The number of carbonyl (C=O) groups is 1. The number of hydrogen-bond acceptors (Lipinski definition) is 7. The number of nitrogens with one attached hydrogen (secondary N) is 1. The lowest BCUT2D eigenvalue weighted by molar-refractivity contribution is -0.393. The molecule has 0 aliphatic heterocycles. The van der Waals surface area contributed by atoms with Crippen molar-refractivity contribution in [2.45, 2.75) is 12.5 Å². The highest BCUT2D eigenvalue weighted by atomic mass is 32.2. The van der Waals surface area contributed by atoms with E-state index in [0.29, 0.717) is 5.75 Å². The molecule has 0 unspecified atom stereocenters. The Morgan fingerprint density at radius 2 is 2.05 bits per heavy atom. The summed E-state index contributed by atoms with van der Waals surface area (Å²) in [5, 5.41) is 33.2. The van der Waals surface area contributed by atoms with Crippen LogP contribution < -0.4 is 5.32 Å². The molecule has 0 saturated carbocycles. The fourth-order valence-electron chi connectivity index (χ4n) is 1.59. The van der Waals surface area contributed by atoms with E-state index in [1.54, 1.807) is 0 Å². The van der Waals surface area contributed by atoms with E-state index in [2.05, 4.69) is 5.32 Å². The largest absolute Gasteiger partial charge is 0.480 e. The van der Waals surface area contributed by atoms with Crippen molar-refractivity contribution in [2.75, 3.05) is 17.3 Å². The second-order valence-corrected chi connectivity index (χ2v) is 5.02. The van der Waals surface area contributed by atoms with Crippen molar-refractivity contribution in [3.63, 3.8) is 0 Å². The van der Waals surface area contributed by atoms with Gasteiger partial charge >= 0.3 is 5.97 Å². The predicted octanol–water partition coefficient (Wildman–Crippen LogP) is 2.12. The van der Waals surface area contributed by atoms with Crippen LogP contribution in [0, 0.1) is 20.2 Å². The van der Waals surface area contributed by atoms with Crippen LogP contribution in [0.25, 0.3) is 0 Å². The lowest BCUT2D eigenvalue weighted by Gasteiger charge is -2.15. The van der Waals surface area contributed by atoms with Crippen LogP contribution in [0.2, 0.25) is 0 Å². The van der Waals surface area contributed by atoms with Crippen LogP contribution in [0.1, 0.15) is 6.42 Å². The molecule has 1 aromatic carbocycles. The van der Waals surface area contributed by atoms with Crippen molar-refractivity contribution >= 4 is 34.8 Å². The van der Waals surface area contributed by atoms with E-state index in [0.717, 1.165) is 18.2 Å². The van der Waals surface area contributed by atoms with Crippen molar-refractivity contribution < 1.29 is 19.7 Å². The first kappa shape index (κ1) is 16.7. The van der Waals surface area contributed by atoms with E-state index >= 15 is 0 Å². The van der Waals surface area contributed by atoms with Crippen molar-refractivity contribution in [1.82, 2.24) is 0 Å². The van der Waals surface area contributed by atoms with Crippen molar-refractivity contribution in [3.05, 3.63) is 38.4 Å². The predicted molar refractivity (Wildman–Crippen MR) is 77.8 cm³/mol. The quantitative estimate of drug-likeness (QED) is 0.550. The summed E-state index contributed by atoms with van der Waals surface area (Å²) in [6.45, 7) is 0. The number of non-ortho nitro benzene ring substituents is 1. The highest BCUT2D eigenvalue weighted by molar-refractivity contribution is 7.98. The molecular formula is C11H13N3O6S. The monoisotopic (exact) mass is 315 g/mol. The summed E-state index contributed by atoms with van der Waals surface area (Å²) < 4.78 is 0. The number of benzene rings is 1. The van der Waals surface area contributed by atoms with Crippen molar-refractivity contribution in [3.8, 4) is 0 Å². The van der Waals surface area contributed by atoms with Gasteiger partial charge in [-0.1, -0.05) is 0 Å². The van der Waals surface area contributed by atoms with Gasteiger partial charge in [-0.05, 0) is 24.5 Å². The second kappa shape index (κ2) is 7.43. The van der Waals surface area contributed by atoms with E-state index in [4.69, 9.17) is 5.11 Å². The number of thioether (sulfide) groups is 1. The Bertz CT molecular complexity index is 565. The molecular weight excluding hydrogens is 302 g/mol. The fraction of sp³-hybridized carbons (Fsp3) is 0.364. The molecule has 0 spiro atoms. The van der Waals surface area contributed by atoms with E-state index in [9.17, 15) is 25.0 Å². The van der Waals surface area contributed by atoms with Gasteiger partial charge in [-0.2, -0.15) is 11.8 Å². The van der Waals surface area contributed by atoms with Gasteiger partial charge < -0.3 is 10.4 Å². The summed E-state index contributed by atoms with van der Waals surface area (Å²) in [6, 6.07) is 2.03. The minimum absolute atomic E-state index is 0.0564. The SMILES string of the molecule is CSCC[C@H](Nc1ccc([N+](=O)[O-])cc1[N+](=O)[O-])C(=O)O. The van der Waals surface area contributed by atoms with Crippen LogP contribution in [0.5, 0.6) is 0 Å². The Hall–Kier alpha value is -2.36. The van der Waals surface area contributed by atoms with E-state index in [1.807, 2.05) is 6.26 Å². The van der Waals surface area contributed by atoms with Gasteiger partial charge in [0.15, 0.2) is 0 Å². The smallest absolute Gasteiger partial charge is 0.326 e. The van der Waals surface area contributed by atoms with Gasteiger partial charge in [-0.15, -0.1) is 0 Å². The third-order valence-corrected chi connectivity index (χ3v) is 3.27. The number of carboxylic acids is 1. The maximum Gasteiger partial charge on any atom is 0.326 e. The zero-order valence-corrected chi connectivity index (χ0v) is 11.8. The molecule has 0 radical (unpaired) electrons. The molecule has 1 aromatic rings. The average molecular weight is 315 g/mol. The molecule has 9 nitrogen and oxygen atoms in total. The lowest BCUT2D eigenvalue weighted by Crippen LogP contribution is -2.30. The third-order valence-electron chi connectivity index (χ3n) is 2.63. The molecule has 0 aromatic heterocycles. The van der Waals surface area contributed by atoms with E-state index in [-0.39, 0.29) is 12.1 Å². The summed E-state index contributed by atoms with van der Waals surface area (Å²) in [4.78, 5) is 31.2. The molecule has 2 N–H and O–H groups in total. The average Bonchev–Trinajstić information content (AvgIpc) is 2.42. The van der Waals surface area contributed by atoms with Crippen LogP contribution in [0.4, 0.5) is 17.1 Å². The summed E-state index contributed by atoms with van der Waals surface area (Å²) in [6.07, 6.45) is 2.08. The molecule has 114 valence electrons. The van der Waals surface area contributed by atoms with Gasteiger partial charge in [0.1, 0.15) is 11.7 Å². The molecule has 0 fully saturated rings. The molecule has 1 rings (SSSR count). The number of aliphatic carboxylic acids is 1. The minimum Gasteiger partial charge on any atom is -0.480 e. The van der Waals surface area contributed by atoms with Crippen LogP contribution in [-0.4, -0.2) is 39.0 Å². The topological polar surface area (TPSA) is 136 Å². The maximum absolute atomic E-state index is 11.1. The summed E-state index contributed by atoms with van der Waals surface area (Å²) >= 11 is 1.45. The highest BCUT2D eigenvalue weighted by Gasteiger charge is 2.24. The normalized spacial score (nSPS) is 11.7. The first-order valence-corrected chi connectivity index (χ1v) is 7.17. The first-order valence-electron chi connectivity index (χ1n) is 5.78. The third kappa shape index (κ3) is 4.60. The van der Waals surface area contributed by atoms with Gasteiger partial charge in [0.25, 0.3) is 11.4 Å². The fourth-order valence-corrected chi connectivity index (χ4v) is 2.06. The van der Waals surface area contributed by atoms with Gasteiger partial charge in [0.05, 0.1) is 15.9 Å². The van der Waals surface area contributed by atoms with Gasteiger partial charge in [0.2, 0.25) is 0 Å². The van der Waals surface area contributed by atoms with E-state index in [1.165, 1.54) is 11.8 Å². The first-order chi connectivity index (χ1) is 9.86. The standard InChI is InChI=1S/C11H13N3O6S/c1-21-5-4-9(11(15)16)12-8-3-2-7(13(17)18)6-10(8)14(19)20/h2-3,6,9,12H,4-5H2,1H3,(H,15,16)/t9-/m0/s1. The van der Waals surface area contributed by atoms with Crippen LogP contribution in [-0.2, 0) is 4.79 Å². The molecule has 0 aliphatic carbocycles. The number of hydrogen-bond donors (Lipinski definition) is 2. The molecule has 0 amide bonds. The summed E-state index contributed by atoms with van der Waals surface area (Å²) in [5.41, 5.74) is -1.01. The van der Waals surface area contributed by atoms with Gasteiger partial charge in [-0.25, -0.2) is 4.79 Å². The zero-order valence-electron chi connectivity index (χ0n) is 11.0. The van der Waals surface area contributed by atoms with Crippen LogP contribution in [0.15, 0.2) is 18.2 Å². The number of carboxylic acid groups (broad SMARTS) is 1. The van der Waals surface area contributed by atoms with E-state index < -0.39 is 33.2 Å². The molecule has 0 bridgehead atoms. The lowest BCUT2D eigenvalue weighted by atomic mass is 10.2. The molecule has 10 heteroatoms. The van der Waals surface area contributed by atoms with Crippen LogP contribution >= 0.6 is 11.8 Å². The molecule has 0 saturated heterocycles. The number of nitrogens with zero attached hydrogens (tertiary/aromatic N) is 2. The number of anilines is 1. The number of nitro benzene ring substituents is 2. The Labute approximate surface area is 123 Å². The minimum atomic E-state index is -1.14. The summed E-state index contributed by atoms with van der Waals surface area (Å²) in [5.74, 6) is -0.582. The van der Waals surface area contributed by atoms with Gasteiger partial charge in [-0.3, -0.25) is 20.2 Å². The maximum atomic E-state index is 11.1. The Balaban J connectivity index is 3.07.